The van der Waals surface area contributed by atoms with E-state index in [2.05, 4.69) is 13.8 Å². The van der Waals surface area contributed by atoms with Crippen molar-refractivity contribution in [3.05, 3.63) is 29.8 Å². The molecule has 1 unspecified atom stereocenters. The minimum atomic E-state index is -3.31. The van der Waals surface area contributed by atoms with Crippen LogP contribution in [0.15, 0.2) is 29.2 Å². The molecule has 0 spiro atoms. The molecule has 0 aliphatic carbocycles. The van der Waals surface area contributed by atoms with Crippen molar-refractivity contribution in [1.29, 1.82) is 0 Å². The standard InChI is InChI=1S/C15H25NO2S/c1-11(2)12-6-8-13(9-7-12)19(17,18)10-14(16)15(3,4)5/h6-9,11,14H,10,16H2,1-5H3. The highest BCUT2D eigenvalue weighted by molar-refractivity contribution is 7.91. The lowest BCUT2D eigenvalue weighted by Crippen LogP contribution is -2.41. The van der Waals surface area contributed by atoms with E-state index in [1.807, 2.05) is 32.9 Å². The summed E-state index contributed by atoms with van der Waals surface area (Å²) >= 11 is 0. The molecule has 0 radical (unpaired) electrons. The van der Waals surface area contributed by atoms with Crippen molar-refractivity contribution in [2.45, 2.75) is 51.5 Å². The van der Waals surface area contributed by atoms with Gasteiger partial charge in [-0.25, -0.2) is 8.42 Å². The first-order chi connectivity index (χ1) is 8.54. The monoisotopic (exact) mass is 283 g/mol. The smallest absolute Gasteiger partial charge is 0.179 e. The molecule has 0 aromatic heterocycles. The van der Waals surface area contributed by atoms with Gasteiger partial charge >= 0.3 is 0 Å². The number of rotatable bonds is 4. The average molecular weight is 283 g/mol. The van der Waals surface area contributed by atoms with Gasteiger partial charge in [0.15, 0.2) is 9.84 Å². The van der Waals surface area contributed by atoms with Gasteiger partial charge in [-0.1, -0.05) is 46.8 Å². The largest absolute Gasteiger partial charge is 0.326 e. The zero-order valence-corrected chi connectivity index (χ0v) is 13.3. The van der Waals surface area contributed by atoms with Crippen LogP contribution in [0.3, 0.4) is 0 Å². The highest BCUT2D eigenvalue weighted by Gasteiger charge is 2.27. The highest BCUT2D eigenvalue weighted by Crippen LogP contribution is 2.23. The number of hydrogen-bond donors (Lipinski definition) is 1. The van der Waals surface area contributed by atoms with Gasteiger partial charge in [-0.2, -0.15) is 0 Å². The summed E-state index contributed by atoms with van der Waals surface area (Å²) in [4.78, 5) is 0.358. The van der Waals surface area contributed by atoms with Crippen LogP contribution in [0.2, 0.25) is 0 Å². The second-order valence-corrected chi connectivity index (χ2v) is 8.51. The molecule has 0 saturated heterocycles. The molecule has 0 aliphatic heterocycles. The Labute approximate surface area is 117 Å². The van der Waals surface area contributed by atoms with Gasteiger partial charge in [0.1, 0.15) is 0 Å². The minimum Gasteiger partial charge on any atom is -0.326 e. The third-order valence-corrected chi connectivity index (χ3v) is 5.21. The molecule has 108 valence electrons. The third kappa shape index (κ3) is 4.32. The molecule has 0 amide bonds. The molecule has 1 rings (SSSR count). The summed E-state index contributed by atoms with van der Waals surface area (Å²) in [7, 11) is -3.31. The van der Waals surface area contributed by atoms with Crippen molar-refractivity contribution in [2.24, 2.45) is 11.1 Å². The van der Waals surface area contributed by atoms with E-state index in [0.717, 1.165) is 5.56 Å². The molecule has 19 heavy (non-hydrogen) atoms. The zero-order chi connectivity index (χ0) is 14.8. The van der Waals surface area contributed by atoms with Gasteiger partial charge in [-0.3, -0.25) is 0 Å². The molecular formula is C15H25NO2S. The Morgan fingerprint density at radius 1 is 1.11 bits per heavy atom. The van der Waals surface area contributed by atoms with Crippen molar-refractivity contribution in [3.8, 4) is 0 Å². The quantitative estimate of drug-likeness (QED) is 0.924. The van der Waals surface area contributed by atoms with Crippen LogP contribution in [-0.2, 0) is 9.84 Å². The maximum absolute atomic E-state index is 12.3. The summed E-state index contributed by atoms with van der Waals surface area (Å²) < 4.78 is 24.6. The SMILES string of the molecule is CC(C)c1ccc(S(=O)(=O)CC(N)C(C)(C)C)cc1. The molecule has 0 aliphatic rings. The first-order valence-electron chi connectivity index (χ1n) is 6.62. The predicted octanol–water partition coefficient (Wildman–Crippen LogP) is 2.96. The van der Waals surface area contributed by atoms with E-state index >= 15 is 0 Å². The lowest BCUT2D eigenvalue weighted by Gasteiger charge is -2.26. The van der Waals surface area contributed by atoms with Gasteiger partial charge in [-0.15, -0.1) is 0 Å². The first kappa shape index (κ1) is 16.2. The van der Waals surface area contributed by atoms with Crippen LogP contribution < -0.4 is 5.73 Å². The van der Waals surface area contributed by atoms with Crippen LogP contribution in [0.25, 0.3) is 0 Å². The van der Waals surface area contributed by atoms with E-state index in [1.54, 1.807) is 12.1 Å². The topological polar surface area (TPSA) is 60.2 Å². The molecule has 0 fully saturated rings. The van der Waals surface area contributed by atoms with Crippen LogP contribution in [0.4, 0.5) is 0 Å². The molecule has 0 saturated carbocycles. The van der Waals surface area contributed by atoms with E-state index in [9.17, 15) is 8.42 Å². The zero-order valence-electron chi connectivity index (χ0n) is 12.5. The molecule has 0 heterocycles. The van der Waals surface area contributed by atoms with Crippen molar-refractivity contribution >= 4 is 9.84 Å². The fourth-order valence-electron chi connectivity index (χ4n) is 1.64. The van der Waals surface area contributed by atoms with Gasteiger partial charge in [0.25, 0.3) is 0 Å². The third-order valence-electron chi connectivity index (χ3n) is 3.42. The normalized spacial score (nSPS) is 14.7. The van der Waals surface area contributed by atoms with E-state index in [1.165, 1.54) is 0 Å². The lowest BCUT2D eigenvalue weighted by atomic mass is 9.89. The Morgan fingerprint density at radius 3 is 1.95 bits per heavy atom. The second kappa shape index (κ2) is 5.63. The van der Waals surface area contributed by atoms with Crippen molar-refractivity contribution in [1.82, 2.24) is 0 Å². The summed E-state index contributed by atoms with van der Waals surface area (Å²) in [6.45, 7) is 10.0. The van der Waals surface area contributed by atoms with Crippen molar-refractivity contribution < 1.29 is 8.42 Å². The van der Waals surface area contributed by atoms with Crippen LogP contribution in [0.1, 0.15) is 46.1 Å². The number of benzene rings is 1. The maximum atomic E-state index is 12.3. The maximum Gasteiger partial charge on any atom is 0.179 e. The first-order valence-corrected chi connectivity index (χ1v) is 8.27. The predicted molar refractivity (Wildman–Crippen MR) is 80.0 cm³/mol. The Hall–Kier alpha value is -0.870. The Bertz CT molecular complexity index is 510. The van der Waals surface area contributed by atoms with Gasteiger partial charge < -0.3 is 5.73 Å². The summed E-state index contributed by atoms with van der Waals surface area (Å²) in [6, 6.07) is 6.74. The van der Waals surface area contributed by atoms with Gasteiger partial charge in [-0.05, 0) is 29.0 Å². The van der Waals surface area contributed by atoms with Crippen molar-refractivity contribution in [2.75, 3.05) is 5.75 Å². The number of hydrogen-bond acceptors (Lipinski definition) is 3. The van der Waals surface area contributed by atoms with E-state index in [-0.39, 0.29) is 17.2 Å². The highest BCUT2D eigenvalue weighted by atomic mass is 32.2. The molecule has 4 heteroatoms. The van der Waals surface area contributed by atoms with E-state index in [0.29, 0.717) is 10.8 Å². The summed E-state index contributed by atoms with van der Waals surface area (Å²) in [6.07, 6.45) is 0. The number of nitrogens with two attached hydrogens (primary N) is 1. The lowest BCUT2D eigenvalue weighted by molar-refractivity contribution is 0.340. The van der Waals surface area contributed by atoms with E-state index in [4.69, 9.17) is 5.73 Å². The molecule has 0 bridgehead atoms. The molecule has 1 aromatic carbocycles. The molecule has 2 N–H and O–H groups in total. The molecule has 1 aromatic rings. The molecule has 3 nitrogen and oxygen atoms in total. The Balaban J connectivity index is 2.95. The molecular weight excluding hydrogens is 258 g/mol. The van der Waals surface area contributed by atoms with Gasteiger partial charge in [0.2, 0.25) is 0 Å². The average Bonchev–Trinajstić information content (AvgIpc) is 2.27. The van der Waals surface area contributed by atoms with E-state index < -0.39 is 9.84 Å². The Morgan fingerprint density at radius 2 is 1.58 bits per heavy atom. The van der Waals surface area contributed by atoms with Gasteiger partial charge in [0, 0.05) is 6.04 Å². The summed E-state index contributed by atoms with van der Waals surface area (Å²) in [5, 5.41) is 0. The summed E-state index contributed by atoms with van der Waals surface area (Å²) in [5.74, 6) is 0.380. The second-order valence-electron chi connectivity index (χ2n) is 6.48. The summed E-state index contributed by atoms with van der Waals surface area (Å²) in [5.41, 5.74) is 6.89. The minimum absolute atomic E-state index is 0.0163. The van der Waals surface area contributed by atoms with Crippen LogP contribution in [0, 0.1) is 5.41 Å². The fraction of sp³-hybridized carbons (Fsp3) is 0.600. The Kier molecular flexibility index (Phi) is 4.80. The van der Waals surface area contributed by atoms with Crippen LogP contribution >= 0.6 is 0 Å². The number of sulfone groups is 1. The van der Waals surface area contributed by atoms with Gasteiger partial charge in [0.05, 0.1) is 10.6 Å². The fourth-order valence-corrected chi connectivity index (χ4v) is 3.36. The molecule has 1 atom stereocenters. The van der Waals surface area contributed by atoms with Crippen LogP contribution in [-0.4, -0.2) is 20.2 Å². The van der Waals surface area contributed by atoms with Crippen molar-refractivity contribution in [3.63, 3.8) is 0 Å². The van der Waals surface area contributed by atoms with Crippen LogP contribution in [0.5, 0.6) is 0 Å².